The molecular weight excluding hydrogens is 425 g/mol. The van der Waals surface area contributed by atoms with Crippen molar-refractivity contribution in [3.8, 4) is 0 Å². The molecule has 3 amide bonds. The lowest BCUT2D eigenvalue weighted by atomic mass is 10.0. The molecule has 4 rings (SSSR count). The Bertz CT molecular complexity index is 1220. The van der Waals surface area contributed by atoms with E-state index in [4.69, 9.17) is 0 Å². The first-order valence-electron chi connectivity index (χ1n) is 9.98. The quantitative estimate of drug-likeness (QED) is 0.449. The molecule has 10 heteroatoms. The number of rotatable bonds is 6. The summed E-state index contributed by atoms with van der Waals surface area (Å²) in [6.45, 7) is 1.14. The number of carbonyl (C=O) groups is 3. The minimum Gasteiger partial charge on any atom is -0.361 e. The van der Waals surface area contributed by atoms with E-state index in [0.29, 0.717) is 0 Å². The number of nitrogens with one attached hydrogen (secondary N) is 2. The Hall–Kier alpha value is -3.56. The maximum absolute atomic E-state index is 12.8. The predicted molar refractivity (Wildman–Crippen MR) is 110 cm³/mol. The van der Waals surface area contributed by atoms with Crippen molar-refractivity contribution in [3.05, 3.63) is 59.0 Å². The highest BCUT2D eigenvalue weighted by Crippen LogP contribution is 2.25. The number of alkyl halides is 3. The van der Waals surface area contributed by atoms with Crippen LogP contribution in [0.3, 0.4) is 0 Å². The summed E-state index contributed by atoms with van der Waals surface area (Å²) in [5.41, 5.74) is 2.24. The summed E-state index contributed by atoms with van der Waals surface area (Å²) in [6.07, 6.45) is -2.41. The van der Waals surface area contributed by atoms with Gasteiger partial charge in [0.2, 0.25) is 0 Å². The molecule has 0 radical (unpaired) electrons. The van der Waals surface area contributed by atoms with Crippen LogP contribution in [0.1, 0.15) is 27.3 Å². The summed E-state index contributed by atoms with van der Waals surface area (Å²) in [7, 11) is 0. The highest BCUT2D eigenvalue weighted by Gasteiger charge is 2.40. The third-order valence-electron chi connectivity index (χ3n) is 5.72. The maximum atomic E-state index is 12.8. The zero-order valence-electron chi connectivity index (χ0n) is 17.4. The van der Waals surface area contributed by atoms with Gasteiger partial charge in [0.1, 0.15) is 12.6 Å². The van der Waals surface area contributed by atoms with E-state index in [-0.39, 0.29) is 23.4 Å². The van der Waals surface area contributed by atoms with Crippen LogP contribution in [-0.4, -0.2) is 50.9 Å². The van der Waals surface area contributed by atoms with Gasteiger partial charge in [0, 0.05) is 40.5 Å². The fourth-order valence-electron chi connectivity index (χ4n) is 4.12. The zero-order chi connectivity index (χ0) is 23.2. The normalized spacial score (nSPS) is 16.8. The summed E-state index contributed by atoms with van der Waals surface area (Å²) in [5, 5.41) is 3.52. The molecule has 1 fully saturated rings. The molecule has 168 valence electrons. The van der Waals surface area contributed by atoms with E-state index in [2.05, 4.69) is 10.3 Å². The number of aromatic nitrogens is 2. The maximum Gasteiger partial charge on any atom is 0.406 e. The summed E-state index contributed by atoms with van der Waals surface area (Å²) >= 11 is 0. The number of nitrogens with zero attached hydrogens (tertiary/aromatic N) is 2. The lowest BCUT2D eigenvalue weighted by Crippen LogP contribution is -2.36. The molecule has 1 atom stereocenters. The van der Waals surface area contributed by atoms with Crippen LogP contribution in [-0.2, 0) is 17.8 Å². The molecule has 2 aromatic heterocycles. The number of ketones is 1. The van der Waals surface area contributed by atoms with Crippen LogP contribution in [0.2, 0.25) is 0 Å². The fourth-order valence-corrected chi connectivity index (χ4v) is 4.12. The number of hydrogen-bond acceptors (Lipinski definition) is 3. The number of fused-ring (bicyclic) bond motifs is 1. The predicted octanol–water partition coefficient (Wildman–Crippen LogP) is 3.49. The summed E-state index contributed by atoms with van der Waals surface area (Å²) in [6, 6.07) is 7.38. The lowest BCUT2D eigenvalue weighted by molar-refractivity contribution is -0.141. The Labute approximate surface area is 181 Å². The van der Waals surface area contributed by atoms with E-state index in [1.807, 2.05) is 24.3 Å². The SMILES string of the molecule is Cc1cc(C(=O)CN2C(=O)N[C@H](Cc3c[nH]c4ccccc34)C2=O)c(C)n1CC(F)(F)F. The molecule has 0 spiro atoms. The molecule has 2 N–H and O–H groups in total. The van der Waals surface area contributed by atoms with Gasteiger partial charge < -0.3 is 14.9 Å². The molecule has 1 aliphatic rings. The van der Waals surface area contributed by atoms with Gasteiger partial charge >= 0.3 is 12.2 Å². The Morgan fingerprint density at radius 1 is 1.16 bits per heavy atom. The molecule has 0 aliphatic carbocycles. The van der Waals surface area contributed by atoms with E-state index in [1.165, 1.54) is 19.9 Å². The number of Topliss-reactive ketones (excluding diaryl/α,β-unsaturated/α-hetero) is 1. The second-order valence-electron chi connectivity index (χ2n) is 7.90. The summed E-state index contributed by atoms with van der Waals surface area (Å²) in [5.74, 6) is -1.14. The minimum absolute atomic E-state index is 0.0624. The molecule has 7 nitrogen and oxygen atoms in total. The molecule has 0 saturated carbocycles. The number of aromatic amines is 1. The van der Waals surface area contributed by atoms with Gasteiger partial charge in [-0.05, 0) is 31.5 Å². The number of aryl methyl sites for hydroxylation is 1. The monoisotopic (exact) mass is 446 g/mol. The third-order valence-corrected chi connectivity index (χ3v) is 5.72. The van der Waals surface area contributed by atoms with Crippen LogP contribution < -0.4 is 5.32 Å². The van der Waals surface area contributed by atoms with Gasteiger partial charge in [0.25, 0.3) is 5.91 Å². The van der Waals surface area contributed by atoms with Crippen LogP contribution in [0, 0.1) is 13.8 Å². The van der Waals surface area contributed by atoms with Gasteiger partial charge in [-0.3, -0.25) is 14.5 Å². The minimum atomic E-state index is -4.44. The highest BCUT2D eigenvalue weighted by atomic mass is 19.4. The van der Waals surface area contributed by atoms with Crippen molar-refractivity contribution in [1.29, 1.82) is 0 Å². The van der Waals surface area contributed by atoms with Gasteiger partial charge in [0.05, 0.1) is 6.54 Å². The Balaban J connectivity index is 1.49. The molecule has 1 aliphatic heterocycles. The van der Waals surface area contributed by atoms with Crippen molar-refractivity contribution in [2.75, 3.05) is 6.54 Å². The first-order chi connectivity index (χ1) is 15.0. The van der Waals surface area contributed by atoms with Gasteiger partial charge in [0.15, 0.2) is 5.78 Å². The number of benzene rings is 1. The van der Waals surface area contributed by atoms with Gasteiger partial charge in [-0.15, -0.1) is 0 Å². The van der Waals surface area contributed by atoms with Crippen LogP contribution in [0.5, 0.6) is 0 Å². The van der Waals surface area contributed by atoms with Crippen molar-refractivity contribution in [1.82, 2.24) is 19.8 Å². The smallest absolute Gasteiger partial charge is 0.361 e. The Morgan fingerprint density at radius 2 is 1.88 bits per heavy atom. The number of imide groups is 1. The largest absolute Gasteiger partial charge is 0.406 e. The number of urea groups is 1. The standard InChI is InChI=1S/C22H21F3N4O3/c1-12-7-16(13(2)29(12)11-22(23,24)25)19(30)10-28-20(31)18(27-21(28)32)8-14-9-26-17-6-4-3-5-15(14)17/h3-7,9,18,26H,8,10-11H2,1-2H3,(H,27,32)/t18-/m1/s1. The van der Waals surface area contributed by atoms with E-state index in [1.54, 1.807) is 6.20 Å². The molecular formula is C22H21F3N4O3. The zero-order valence-corrected chi connectivity index (χ0v) is 17.4. The van der Waals surface area contributed by atoms with Crippen LogP contribution in [0.4, 0.5) is 18.0 Å². The molecule has 3 aromatic rings. The molecule has 0 unspecified atom stereocenters. The van der Waals surface area contributed by atoms with Crippen LogP contribution >= 0.6 is 0 Å². The fraction of sp³-hybridized carbons (Fsp3) is 0.318. The molecule has 3 heterocycles. The van der Waals surface area contributed by atoms with E-state index in [9.17, 15) is 27.6 Å². The lowest BCUT2D eigenvalue weighted by Gasteiger charge is -2.14. The van der Waals surface area contributed by atoms with Gasteiger partial charge in [-0.25, -0.2) is 4.79 Å². The average molecular weight is 446 g/mol. The van der Waals surface area contributed by atoms with Gasteiger partial charge in [-0.1, -0.05) is 18.2 Å². The molecule has 1 aromatic carbocycles. The average Bonchev–Trinajstić information content (AvgIpc) is 3.33. The van der Waals surface area contributed by atoms with Gasteiger partial charge in [-0.2, -0.15) is 13.2 Å². The highest BCUT2D eigenvalue weighted by molar-refractivity contribution is 6.09. The second-order valence-corrected chi connectivity index (χ2v) is 7.90. The molecule has 0 bridgehead atoms. The van der Waals surface area contributed by atoms with Crippen LogP contribution in [0.25, 0.3) is 10.9 Å². The number of H-pyrrole nitrogens is 1. The first-order valence-corrected chi connectivity index (χ1v) is 9.98. The topological polar surface area (TPSA) is 87.2 Å². The summed E-state index contributed by atoms with van der Waals surface area (Å²) < 4.78 is 39.5. The number of amides is 3. The number of para-hydroxylation sites is 1. The van der Waals surface area contributed by atoms with Crippen molar-refractivity contribution in [3.63, 3.8) is 0 Å². The third kappa shape index (κ3) is 4.00. The van der Waals surface area contributed by atoms with Crippen LogP contribution in [0.15, 0.2) is 36.5 Å². The first kappa shape index (κ1) is 21.7. The van der Waals surface area contributed by atoms with Crippen molar-refractivity contribution in [2.24, 2.45) is 0 Å². The van der Waals surface area contributed by atoms with E-state index < -0.39 is 43.0 Å². The second kappa shape index (κ2) is 7.85. The Kier molecular flexibility index (Phi) is 5.31. The van der Waals surface area contributed by atoms with E-state index in [0.717, 1.165) is 25.9 Å². The van der Waals surface area contributed by atoms with Crippen molar-refractivity contribution < 1.29 is 27.6 Å². The number of hydrogen-bond donors (Lipinski definition) is 2. The Morgan fingerprint density at radius 3 is 2.59 bits per heavy atom. The number of halogens is 3. The van der Waals surface area contributed by atoms with E-state index >= 15 is 0 Å². The molecule has 1 saturated heterocycles. The molecule has 32 heavy (non-hydrogen) atoms. The van der Waals surface area contributed by atoms with Crippen molar-refractivity contribution >= 4 is 28.6 Å². The number of carbonyl (C=O) groups excluding carboxylic acids is 3. The van der Waals surface area contributed by atoms with Crippen molar-refractivity contribution in [2.45, 2.75) is 39.0 Å². The summed E-state index contributed by atoms with van der Waals surface area (Å²) in [4.78, 5) is 41.9.